The van der Waals surface area contributed by atoms with Crippen LogP contribution in [0.4, 0.5) is 0 Å². The number of fused-ring (bicyclic) bond motifs is 1. The number of para-hydroxylation sites is 2. The minimum Gasteiger partial charge on any atom is -0.538 e. The third-order valence-electron chi connectivity index (χ3n) is 3.31. The molecule has 2 rings (SSSR count). The van der Waals surface area contributed by atoms with Crippen molar-refractivity contribution in [2.24, 2.45) is 0 Å². The fraction of sp³-hybridized carbons (Fsp3) is 0.500. The van der Waals surface area contributed by atoms with Crippen molar-refractivity contribution >= 4 is 17.0 Å². The lowest BCUT2D eigenvalue weighted by Crippen LogP contribution is -2.56. The van der Waals surface area contributed by atoms with Gasteiger partial charge in [0.25, 0.3) is 0 Å². The molecule has 20 heavy (non-hydrogen) atoms. The molecule has 0 saturated heterocycles. The predicted molar refractivity (Wildman–Crippen MR) is 76.5 cm³/mol. The molecular formula is C16H22N2O2. The average Bonchev–Trinajstić information content (AvgIpc) is 2.62. The number of hydrogen-bond donors (Lipinski definition) is 0. The zero-order valence-electron chi connectivity index (χ0n) is 13.0. The summed E-state index contributed by atoms with van der Waals surface area (Å²) in [6.45, 7) is 12.0. The molecule has 108 valence electrons. The maximum atomic E-state index is 11.8. The zero-order valence-corrected chi connectivity index (χ0v) is 13.0. The van der Waals surface area contributed by atoms with Gasteiger partial charge in [0.1, 0.15) is 11.1 Å². The topological polar surface area (TPSA) is 48.9 Å². The first-order valence-corrected chi connectivity index (χ1v) is 6.83. The van der Waals surface area contributed by atoms with Crippen LogP contribution in [0.2, 0.25) is 0 Å². The first kappa shape index (κ1) is 14.6. The summed E-state index contributed by atoms with van der Waals surface area (Å²) in [6.07, 6.45) is 0. The lowest BCUT2D eigenvalue weighted by atomic mass is 10.1. The molecule has 2 aromatic rings. The smallest absolute Gasteiger partial charge is 0.306 e. The summed E-state index contributed by atoms with van der Waals surface area (Å²) in [6, 6.07) is 7.76. The molecule has 0 spiro atoms. The number of carbonyl (C=O) groups is 1. The summed E-state index contributed by atoms with van der Waals surface area (Å²) in [5.74, 6) is -0.933. The fourth-order valence-electron chi connectivity index (χ4n) is 2.71. The molecule has 4 heteroatoms. The number of imidazole rings is 1. The fourth-order valence-corrected chi connectivity index (χ4v) is 2.71. The highest BCUT2D eigenvalue weighted by atomic mass is 16.4. The van der Waals surface area contributed by atoms with Crippen molar-refractivity contribution in [1.29, 1.82) is 0 Å². The Hall–Kier alpha value is -1.84. The number of aromatic nitrogens is 2. The third-order valence-corrected chi connectivity index (χ3v) is 3.31. The van der Waals surface area contributed by atoms with Gasteiger partial charge in [-0.1, -0.05) is 12.1 Å². The van der Waals surface area contributed by atoms with E-state index in [0.29, 0.717) is 0 Å². The van der Waals surface area contributed by atoms with Crippen molar-refractivity contribution in [2.75, 3.05) is 0 Å². The predicted octanol–water partition coefficient (Wildman–Crippen LogP) is 1.80. The second-order valence-electron chi connectivity index (χ2n) is 7.11. The van der Waals surface area contributed by atoms with E-state index in [4.69, 9.17) is 0 Å². The lowest BCUT2D eigenvalue weighted by Gasteiger charge is -2.22. The number of nitrogens with zero attached hydrogens (tertiary/aromatic N) is 2. The van der Waals surface area contributed by atoms with Crippen molar-refractivity contribution < 1.29 is 14.5 Å². The van der Waals surface area contributed by atoms with Crippen LogP contribution in [0.25, 0.3) is 11.0 Å². The molecular weight excluding hydrogens is 252 g/mol. The third kappa shape index (κ3) is 2.19. The van der Waals surface area contributed by atoms with Crippen molar-refractivity contribution in [2.45, 2.75) is 52.6 Å². The van der Waals surface area contributed by atoms with Crippen molar-refractivity contribution in [3.63, 3.8) is 0 Å². The van der Waals surface area contributed by atoms with Gasteiger partial charge >= 0.3 is 5.82 Å². The van der Waals surface area contributed by atoms with Crippen molar-refractivity contribution in [3.8, 4) is 0 Å². The van der Waals surface area contributed by atoms with Crippen LogP contribution in [-0.4, -0.2) is 10.5 Å². The Bertz CT molecular complexity index is 619. The van der Waals surface area contributed by atoms with Crippen LogP contribution in [0.1, 0.15) is 52.2 Å². The van der Waals surface area contributed by atoms with Crippen LogP contribution < -0.4 is 9.67 Å². The van der Waals surface area contributed by atoms with Gasteiger partial charge in [-0.3, -0.25) is 0 Å². The van der Waals surface area contributed by atoms with Crippen LogP contribution in [0.5, 0.6) is 0 Å². The van der Waals surface area contributed by atoms with Gasteiger partial charge in [-0.2, -0.15) is 0 Å². The number of carboxylic acid groups (broad SMARTS) is 1. The molecule has 0 N–H and O–H groups in total. The van der Waals surface area contributed by atoms with Crippen LogP contribution in [0.3, 0.4) is 0 Å². The van der Waals surface area contributed by atoms with Crippen molar-refractivity contribution in [1.82, 2.24) is 4.57 Å². The Kier molecular flexibility index (Phi) is 3.16. The molecule has 1 heterocycles. The monoisotopic (exact) mass is 274 g/mol. The minimum absolute atomic E-state index is 0.214. The molecule has 1 aromatic carbocycles. The van der Waals surface area contributed by atoms with E-state index < -0.39 is 5.97 Å². The molecule has 0 atom stereocenters. The van der Waals surface area contributed by atoms with E-state index in [1.165, 1.54) is 0 Å². The highest BCUT2D eigenvalue weighted by Crippen LogP contribution is 2.26. The largest absolute Gasteiger partial charge is 0.538 e. The van der Waals surface area contributed by atoms with Crippen LogP contribution >= 0.6 is 0 Å². The van der Waals surface area contributed by atoms with Gasteiger partial charge in [-0.15, -0.1) is 0 Å². The van der Waals surface area contributed by atoms with Crippen LogP contribution in [0, 0.1) is 0 Å². The molecule has 0 radical (unpaired) electrons. The second-order valence-corrected chi connectivity index (χ2v) is 7.11. The van der Waals surface area contributed by atoms with Gasteiger partial charge in [0, 0.05) is 0 Å². The minimum atomic E-state index is -1.15. The molecule has 0 fully saturated rings. The van der Waals surface area contributed by atoms with Crippen LogP contribution in [0.15, 0.2) is 24.3 Å². The molecule has 0 bridgehead atoms. The summed E-state index contributed by atoms with van der Waals surface area (Å²) in [5, 5.41) is 11.8. The Morgan fingerprint density at radius 2 is 1.65 bits per heavy atom. The van der Waals surface area contributed by atoms with Gasteiger partial charge in [-0.05, 0) is 53.7 Å². The summed E-state index contributed by atoms with van der Waals surface area (Å²) in [5.41, 5.74) is 1.14. The SMILES string of the molecule is CC(C)(C)n1c(C(=O)[O-])[n+](C(C)(C)C)c2ccccc21. The van der Waals surface area contributed by atoms with E-state index in [2.05, 4.69) is 0 Å². The summed E-state index contributed by atoms with van der Waals surface area (Å²) in [4.78, 5) is 11.8. The van der Waals surface area contributed by atoms with E-state index in [1.54, 1.807) is 0 Å². The maximum absolute atomic E-state index is 11.8. The average molecular weight is 274 g/mol. The number of rotatable bonds is 1. The number of aromatic carboxylic acids is 1. The normalized spacial score (nSPS) is 12.9. The summed E-state index contributed by atoms with van der Waals surface area (Å²) < 4.78 is 3.70. The standard InChI is InChI=1S/C16H22N2O2/c1-15(2,3)17-11-9-7-8-10-12(11)18(16(4,5)6)13(17)14(19)20/h7-10H,1-6H3. The molecule has 0 saturated carbocycles. The number of carboxylic acids is 1. The Balaban J connectivity index is 3.06. The first-order chi connectivity index (χ1) is 9.05. The maximum Gasteiger partial charge on any atom is 0.306 e. The van der Waals surface area contributed by atoms with Gasteiger partial charge in [0.05, 0.1) is 0 Å². The highest BCUT2D eigenvalue weighted by molar-refractivity contribution is 5.85. The van der Waals surface area contributed by atoms with Gasteiger partial charge < -0.3 is 9.90 Å². The van der Waals surface area contributed by atoms with Gasteiger partial charge in [-0.25, -0.2) is 9.13 Å². The lowest BCUT2D eigenvalue weighted by molar-refractivity contribution is -0.735. The molecule has 0 aliphatic rings. The van der Waals surface area contributed by atoms with E-state index in [9.17, 15) is 9.90 Å². The number of benzene rings is 1. The zero-order chi connectivity index (χ0) is 15.3. The molecule has 0 unspecified atom stereocenters. The van der Waals surface area contributed by atoms with E-state index in [1.807, 2.05) is 74.9 Å². The quantitative estimate of drug-likeness (QED) is 0.745. The van der Waals surface area contributed by atoms with E-state index >= 15 is 0 Å². The highest BCUT2D eigenvalue weighted by Gasteiger charge is 2.37. The molecule has 1 aromatic heterocycles. The van der Waals surface area contributed by atoms with Crippen molar-refractivity contribution in [3.05, 3.63) is 30.1 Å². The Morgan fingerprint density at radius 3 is 2.10 bits per heavy atom. The second kappa shape index (κ2) is 4.33. The summed E-state index contributed by atoms with van der Waals surface area (Å²) in [7, 11) is 0. The van der Waals surface area contributed by atoms with E-state index in [-0.39, 0.29) is 16.9 Å². The molecule has 0 aliphatic carbocycles. The summed E-state index contributed by atoms with van der Waals surface area (Å²) >= 11 is 0. The Labute approximate surface area is 119 Å². The molecule has 0 amide bonds. The Morgan fingerprint density at radius 1 is 1.10 bits per heavy atom. The van der Waals surface area contributed by atoms with Gasteiger partial charge in [0.15, 0.2) is 17.0 Å². The van der Waals surface area contributed by atoms with E-state index in [0.717, 1.165) is 11.0 Å². The number of carbonyl (C=O) groups excluding carboxylic acids is 1. The molecule has 0 aliphatic heterocycles. The number of hydrogen-bond acceptors (Lipinski definition) is 2. The van der Waals surface area contributed by atoms with Gasteiger partial charge in [0.2, 0.25) is 0 Å². The van der Waals surface area contributed by atoms with Crippen LogP contribution in [-0.2, 0) is 11.1 Å². The first-order valence-electron chi connectivity index (χ1n) is 6.83. The molecule has 4 nitrogen and oxygen atoms in total.